The van der Waals surface area contributed by atoms with Crippen LogP contribution in [0.25, 0.3) is 6.08 Å². The molecule has 3 rings (SSSR count). The first-order valence-electron chi connectivity index (χ1n) is 11.3. The van der Waals surface area contributed by atoms with E-state index in [-0.39, 0.29) is 20.8 Å². The molecule has 1 heterocycles. The Bertz CT molecular complexity index is 1430. The maximum absolute atomic E-state index is 12.5. The Morgan fingerprint density at radius 1 is 1.11 bits per heavy atom. The van der Waals surface area contributed by atoms with Crippen molar-refractivity contribution in [1.29, 1.82) is 5.26 Å². The minimum Gasteiger partial charge on any atom is -0.493 e. The first-order chi connectivity index (χ1) is 17.8. The Morgan fingerprint density at radius 3 is 2.51 bits per heavy atom. The van der Waals surface area contributed by atoms with Crippen LogP contribution in [0.15, 0.2) is 52.4 Å². The average Bonchev–Trinajstić information content (AvgIpc) is 3.37. The third-order valence-electron chi connectivity index (χ3n) is 5.03. The molecule has 0 bridgehead atoms. The normalized spacial score (nSPS) is 11.5. The topological polar surface area (TPSA) is 140 Å². The second kappa shape index (κ2) is 12.8. The molecule has 0 aliphatic heterocycles. The number of ether oxygens (including phenoxy) is 3. The largest absolute Gasteiger partial charge is 0.493 e. The molecule has 1 amide bonds. The van der Waals surface area contributed by atoms with Crippen LogP contribution < -0.4 is 19.5 Å². The predicted molar refractivity (Wildman–Crippen MR) is 140 cm³/mol. The molecule has 3 aromatic rings. The van der Waals surface area contributed by atoms with Crippen molar-refractivity contribution < 1.29 is 27.4 Å². The molecule has 0 saturated heterocycles. The lowest BCUT2D eigenvalue weighted by molar-refractivity contribution is -0.112. The van der Waals surface area contributed by atoms with Crippen LogP contribution in [0.2, 0.25) is 0 Å². The summed E-state index contributed by atoms with van der Waals surface area (Å²) in [5.74, 6) is 0.904. The van der Waals surface area contributed by atoms with Gasteiger partial charge in [0.05, 0.1) is 26.1 Å². The highest BCUT2D eigenvalue weighted by Gasteiger charge is 2.20. The molecule has 2 aromatic carbocycles. The van der Waals surface area contributed by atoms with E-state index in [1.165, 1.54) is 20.1 Å². The van der Waals surface area contributed by atoms with Gasteiger partial charge in [0, 0.05) is 6.42 Å². The molecule has 1 N–H and O–H groups in total. The van der Waals surface area contributed by atoms with Crippen LogP contribution in [0.4, 0.5) is 5.13 Å². The van der Waals surface area contributed by atoms with Gasteiger partial charge in [0.2, 0.25) is 19.3 Å². The van der Waals surface area contributed by atoms with Crippen molar-refractivity contribution in [2.24, 2.45) is 0 Å². The van der Waals surface area contributed by atoms with E-state index in [0.717, 1.165) is 22.6 Å². The summed E-state index contributed by atoms with van der Waals surface area (Å²) in [6, 6.07) is 14.6. The van der Waals surface area contributed by atoms with E-state index in [0.29, 0.717) is 36.7 Å². The van der Waals surface area contributed by atoms with Gasteiger partial charge in [-0.3, -0.25) is 10.1 Å². The molecular weight excluding hydrogens is 516 g/mol. The van der Waals surface area contributed by atoms with E-state index >= 15 is 0 Å². The summed E-state index contributed by atoms with van der Waals surface area (Å²) >= 11 is 0.721. The van der Waals surface area contributed by atoms with Gasteiger partial charge < -0.3 is 14.2 Å². The van der Waals surface area contributed by atoms with E-state index < -0.39 is 15.7 Å². The van der Waals surface area contributed by atoms with Crippen molar-refractivity contribution in [3.05, 3.63) is 59.2 Å². The van der Waals surface area contributed by atoms with Gasteiger partial charge >= 0.3 is 0 Å². The van der Waals surface area contributed by atoms with E-state index in [4.69, 9.17) is 14.2 Å². The number of nitrogens with one attached hydrogen (secondary N) is 1. The summed E-state index contributed by atoms with van der Waals surface area (Å²) in [5.41, 5.74) is 1.39. The summed E-state index contributed by atoms with van der Waals surface area (Å²) < 4.78 is 40.6. The van der Waals surface area contributed by atoms with Gasteiger partial charge in [-0.15, -0.1) is 10.2 Å². The number of aromatic nitrogens is 2. The van der Waals surface area contributed by atoms with Gasteiger partial charge in [0.15, 0.2) is 11.5 Å². The van der Waals surface area contributed by atoms with E-state index in [1.54, 1.807) is 18.2 Å². The molecule has 0 aliphatic rings. The number of aryl methyl sites for hydroxylation is 1. The van der Waals surface area contributed by atoms with Crippen LogP contribution in [0, 0.1) is 18.3 Å². The standard InChI is InChI=1S/C25H26N4O6S2/c1-4-37(31,32)25-29-28-24(36-25)27-23(30)19(16-26)14-18-10-11-21(22(15-18)33-3)35-13-7-12-34-20-9-6-5-8-17(20)2/h5-6,8-11,14-15H,4,7,12-13H2,1-3H3,(H,27,28,30). The van der Waals surface area contributed by atoms with Gasteiger partial charge in [0.25, 0.3) is 5.91 Å². The second-order valence-corrected chi connectivity index (χ2v) is 11.1. The number of anilines is 1. The van der Waals surface area contributed by atoms with Gasteiger partial charge in [-0.05, 0) is 42.3 Å². The monoisotopic (exact) mass is 542 g/mol. The van der Waals surface area contributed by atoms with Crippen molar-refractivity contribution in [2.45, 2.75) is 24.6 Å². The zero-order valence-corrected chi connectivity index (χ0v) is 22.2. The highest BCUT2D eigenvalue weighted by atomic mass is 32.2. The minimum absolute atomic E-state index is 0.0223. The average molecular weight is 543 g/mol. The number of rotatable bonds is 12. The molecule has 1 aromatic heterocycles. The molecule has 37 heavy (non-hydrogen) atoms. The predicted octanol–water partition coefficient (Wildman–Crippen LogP) is 4.04. The Hall–Kier alpha value is -3.95. The number of nitrogens with zero attached hydrogens (tertiary/aromatic N) is 3. The molecule has 0 radical (unpaired) electrons. The third-order valence-corrected chi connectivity index (χ3v) is 8.05. The van der Waals surface area contributed by atoms with Crippen molar-refractivity contribution in [1.82, 2.24) is 10.2 Å². The van der Waals surface area contributed by atoms with Crippen LogP contribution in [-0.4, -0.2) is 50.6 Å². The smallest absolute Gasteiger partial charge is 0.268 e. The molecular formula is C25H26N4O6S2. The number of carbonyl (C=O) groups is 1. The first kappa shape index (κ1) is 27.6. The van der Waals surface area contributed by atoms with E-state index in [9.17, 15) is 18.5 Å². The maximum Gasteiger partial charge on any atom is 0.268 e. The molecule has 194 valence electrons. The fourth-order valence-electron chi connectivity index (χ4n) is 3.02. The summed E-state index contributed by atoms with van der Waals surface area (Å²) in [5, 5.41) is 19.1. The summed E-state index contributed by atoms with van der Waals surface area (Å²) in [6.07, 6.45) is 2.03. The molecule has 0 unspecified atom stereocenters. The van der Waals surface area contributed by atoms with Gasteiger partial charge in [-0.25, -0.2) is 8.42 Å². The van der Waals surface area contributed by atoms with Crippen LogP contribution in [0.5, 0.6) is 17.2 Å². The van der Waals surface area contributed by atoms with E-state index in [2.05, 4.69) is 15.5 Å². The summed E-state index contributed by atoms with van der Waals surface area (Å²) in [6.45, 7) is 4.37. The molecule has 0 fully saturated rings. The summed E-state index contributed by atoms with van der Waals surface area (Å²) in [4.78, 5) is 12.5. The number of nitriles is 1. The lowest BCUT2D eigenvalue weighted by Gasteiger charge is -2.12. The number of methoxy groups -OCH3 is 1. The van der Waals surface area contributed by atoms with Crippen LogP contribution in [0.3, 0.4) is 0 Å². The zero-order valence-electron chi connectivity index (χ0n) is 20.6. The zero-order chi connectivity index (χ0) is 26.8. The highest BCUT2D eigenvalue weighted by Crippen LogP contribution is 2.29. The Labute approximate surface area is 219 Å². The number of hydrogen-bond donors (Lipinski definition) is 1. The van der Waals surface area contributed by atoms with Gasteiger partial charge in [-0.1, -0.05) is 42.5 Å². The first-order valence-corrected chi connectivity index (χ1v) is 13.7. The molecule has 0 saturated carbocycles. The molecule has 10 nitrogen and oxygen atoms in total. The van der Waals surface area contributed by atoms with E-state index in [1.807, 2.05) is 37.3 Å². The molecule has 0 spiro atoms. The van der Waals surface area contributed by atoms with Crippen molar-refractivity contribution in [2.75, 3.05) is 31.4 Å². The van der Waals surface area contributed by atoms with Crippen molar-refractivity contribution in [3.63, 3.8) is 0 Å². The minimum atomic E-state index is -3.54. The molecule has 0 atom stereocenters. The van der Waals surface area contributed by atoms with Gasteiger partial charge in [-0.2, -0.15) is 5.26 Å². The number of amides is 1. The van der Waals surface area contributed by atoms with Crippen LogP contribution in [0.1, 0.15) is 24.5 Å². The Morgan fingerprint density at radius 2 is 1.84 bits per heavy atom. The Kier molecular flexibility index (Phi) is 9.59. The summed E-state index contributed by atoms with van der Waals surface area (Å²) in [7, 11) is -2.05. The Balaban J connectivity index is 1.61. The SMILES string of the molecule is CCS(=O)(=O)c1nnc(NC(=O)C(C#N)=Cc2ccc(OCCCOc3ccccc3C)c(OC)c2)s1. The fourth-order valence-corrected chi connectivity index (χ4v) is 5.01. The maximum atomic E-state index is 12.5. The van der Waals surface area contributed by atoms with Crippen LogP contribution >= 0.6 is 11.3 Å². The number of hydrogen-bond acceptors (Lipinski definition) is 10. The number of benzene rings is 2. The van der Waals surface area contributed by atoms with Gasteiger partial charge in [0.1, 0.15) is 17.4 Å². The molecule has 0 aliphatic carbocycles. The fraction of sp³-hybridized carbons (Fsp3) is 0.280. The second-order valence-electron chi connectivity index (χ2n) is 7.63. The highest BCUT2D eigenvalue weighted by molar-refractivity contribution is 7.93. The molecule has 12 heteroatoms. The van der Waals surface area contributed by atoms with Crippen molar-refractivity contribution >= 4 is 38.3 Å². The third kappa shape index (κ3) is 7.52. The quantitative estimate of drug-likeness (QED) is 0.155. The lowest BCUT2D eigenvalue weighted by Crippen LogP contribution is -2.13. The van der Waals surface area contributed by atoms with Crippen LogP contribution in [-0.2, 0) is 14.6 Å². The number of carbonyl (C=O) groups excluding carboxylic acids is 1. The number of para-hydroxylation sites is 1. The lowest BCUT2D eigenvalue weighted by atomic mass is 10.1. The number of sulfone groups is 1. The van der Waals surface area contributed by atoms with Crippen molar-refractivity contribution in [3.8, 4) is 23.3 Å².